The fourth-order valence-corrected chi connectivity index (χ4v) is 2.56. The summed E-state index contributed by atoms with van der Waals surface area (Å²) in [5, 5.41) is 1.95. The molecule has 3 rings (SSSR count). The van der Waals surface area contributed by atoms with Crippen molar-refractivity contribution in [1.82, 2.24) is 0 Å². The summed E-state index contributed by atoms with van der Waals surface area (Å²) in [7, 11) is 0. The van der Waals surface area contributed by atoms with Gasteiger partial charge in [-0.3, -0.25) is 0 Å². The minimum absolute atomic E-state index is 0.322. The van der Waals surface area contributed by atoms with Crippen molar-refractivity contribution >= 4 is 16.7 Å². The van der Waals surface area contributed by atoms with Gasteiger partial charge in [0.1, 0.15) is 5.75 Å². The maximum atomic E-state index is 12.4. The second kappa shape index (κ2) is 5.41. The van der Waals surface area contributed by atoms with Crippen LogP contribution in [-0.4, -0.2) is 5.97 Å². The molecule has 0 saturated heterocycles. The Balaban J connectivity index is 1.97. The molecule has 0 unspecified atom stereocenters. The van der Waals surface area contributed by atoms with E-state index in [1.54, 1.807) is 6.07 Å². The molecule has 0 N–H and O–H groups in total. The van der Waals surface area contributed by atoms with E-state index in [9.17, 15) is 4.79 Å². The number of rotatable bonds is 2. The van der Waals surface area contributed by atoms with Crippen molar-refractivity contribution in [2.45, 2.75) is 13.8 Å². The van der Waals surface area contributed by atoms with Crippen molar-refractivity contribution in [2.24, 2.45) is 0 Å². The average molecular weight is 276 g/mol. The van der Waals surface area contributed by atoms with Gasteiger partial charge in [0, 0.05) is 0 Å². The zero-order valence-corrected chi connectivity index (χ0v) is 12.1. The number of esters is 1. The van der Waals surface area contributed by atoms with Crippen LogP contribution in [0.15, 0.2) is 60.7 Å². The van der Waals surface area contributed by atoms with Gasteiger partial charge in [0.25, 0.3) is 0 Å². The summed E-state index contributed by atoms with van der Waals surface area (Å²) in [4.78, 5) is 12.4. The highest BCUT2D eigenvalue weighted by molar-refractivity contribution is 6.05. The van der Waals surface area contributed by atoms with E-state index in [0.29, 0.717) is 11.3 Å². The minimum Gasteiger partial charge on any atom is -0.423 e. The number of hydrogen-bond acceptors (Lipinski definition) is 2. The second-order valence-corrected chi connectivity index (χ2v) is 5.24. The first kappa shape index (κ1) is 13.4. The maximum Gasteiger partial charge on any atom is 0.344 e. The third kappa shape index (κ3) is 2.79. The molecule has 0 aliphatic heterocycles. The van der Waals surface area contributed by atoms with E-state index in [1.807, 2.05) is 62.4 Å². The molecule has 0 bridgehead atoms. The Morgan fingerprint density at radius 2 is 1.52 bits per heavy atom. The van der Waals surface area contributed by atoms with Gasteiger partial charge in [-0.05, 0) is 53.9 Å². The Morgan fingerprint density at radius 1 is 0.857 bits per heavy atom. The highest BCUT2D eigenvalue weighted by Crippen LogP contribution is 2.22. The van der Waals surface area contributed by atoms with Crippen LogP contribution in [0.1, 0.15) is 21.5 Å². The number of ether oxygens (including phenoxy) is 1. The lowest BCUT2D eigenvalue weighted by molar-refractivity contribution is 0.0737. The van der Waals surface area contributed by atoms with Crippen LogP contribution in [0.4, 0.5) is 0 Å². The van der Waals surface area contributed by atoms with E-state index in [-0.39, 0.29) is 5.97 Å². The normalized spacial score (nSPS) is 10.6. The molecule has 0 aliphatic rings. The van der Waals surface area contributed by atoms with Crippen molar-refractivity contribution in [1.29, 1.82) is 0 Å². The Bertz CT molecular complexity index is 793. The van der Waals surface area contributed by atoms with E-state index in [4.69, 9.17) is 4.74 Å². The van der Waals surface area contributed by atoms with Gasteiger partial charge in [-0.25, -0.2) is 4.79 Å². The predicted molar refractivity (Wildman–Crippen MR) is 84.8 cm³/mol. The lowest BCUT2D eigenvalue weighted by Gasteiger charge is -2.08. The van der Waals surface area contributed by atoms with Gasteiger partial charge in [-0.2, -0.15) is 0 Å². The van der Waals surface area contributed by atoms with Crippen molar-refractivity contribution in [3.05, 3.63) is 77.4 Å². The molecule has 0 heterocycles. The van der Waals surface area contributed by atoms with Crippen molar-refractivity contribution in [3.8, 4) is 5.75 Å². The average Bonchev–Trinajstić information content (AvgIpc) is 2.45. The fourth-order valence-electron chi connectivity index (χ4n) is 2.56. The number of benzene rings is 3. The van der Waals surface area contributed by atoms with E-state index in [1.165, 1.54) is 0 Å². The first-order valence-corrected chi connectivity index (χ1v) is 6.92. The van der Waals surface area contributed by atoms with Crippen molar-refractivity contribution in [3.63, 3.8) is 0 Å². The van der Waals surface area contributed by atoms with Crippen LogP contribution in [-0.2, 0) is 0 Å². The van der Waals surface area contributed by atoms with Gasteiger partial charge < -0.3 is 4.74 Å². The second-order valence-electron chi connectivity index (χ2n) is 5.24. The molecule has 0 radical (unpaired) electrons. The van der Waals surface area contributed by atoms with Crippen LogP contribution < -0.4 is 4.74 Å². The van der Waals surface area contributed by atoms with Gasteiger partial charge in [0.2, 0.25) is 0 Å². The molecule has 2 nitrogen and oxygen atoms in total. The van der Waals surface area contributed by atoms with E-state index in [0.717, 1.165) is 21.9 Å². The highest BCUT2D eigenvalue weighted by atomic mass is 16.5. The van der Waals surface area contributed by atoms with E-state index in [2.05, 4.69) is 6.07 Å². The lowest BCUT2D eigenvalue weighted by atomic mass is 10.0. The van der Waals surface area contributed by atoms with Crippen LogP contribution in [0.25, 0.3) is 10.8 Å². The van der Waals surface area contributed by atoms with Gasteiger partial charge in [-0.15, -0.1) is 0 Å². The summed E-state index contributed by atoms with van der Waals surface area (Å²) in [6.07, 6.45) is 0. The summed E-state index contributed by atoms with van der Waals surface area (Å²) >= 11 is 0. The summed E-state index contributed by atoms with van der Waals surface area (Å²) < 4.78 is 5.53. The number of carbonyl (C=O) groups is 1. The van der Waals surface area contributed by atoms with Crippen LogP contribution >= 0.6 is 0 Å². The molecule has 0 aromatic heterocycles. The van der Waals surface area contributed by atoms with Crippen LogP contribution in [0, 0.1) is 13.8 Å². The number of aryl methyl sites for hydroxylation is 2. The number of fused-ring (bicyclic) bond motifs is 1. The van der Waals surface area contributed by atoms with Gasteiger partial charge in [-0.1, -0.05) is 42.5 Å². The first-order valence-electron chi connectivity index (χ1n) is 6.92. The summed E-state index contributed by atoms with van der Waals surface area (Å²) in [6, 6.07) is 19.3. The van der Waals surface area contributed by atoms with Gasteiger partial charge in [0.05, 0.1) is 5.56 Å². The number of carbonyl (C=O) groups excluding carboxylic acids is 1. The van der Waals surface area contributed by atoms with Gasteiger partial charge in [0.15, 0.2) is 0 Å². The molecule has 0 atom stereocenters. The molecule has 3 aromatic rings. The molecule has 3 aromatic carbocycles. The Morgan fingerprint density at radius 3 is 2.29 bits per heavy atom. The smallest absolute Gasteiger partial charge is 0.344 e. The van der Waals surface area contributed by atoms with Crippen LogP contribution in [0.3, 0.4) is 0 Å². The standard InChI is InChI=1S/C19H16O2/c1-13-10-14(2)12-16(11-13)21-19(20)18-9-5-7-15-6-3-4-8-17(15)18/h3-12H,1-2H3. The van der Waals surface area contributed by atoms with E-state index >= 15 is 0 Å². The Kier molecular flexibility index (Phi) is 3.44. The molecular weight excluding hydrogens is 260 g/mol. The Labute approximate surface area is 124 Å². The van der Waals surface area contributed by atoms with Crippen molar-refractivity contribution < 1.29 is 9.53 Å². The molecule has 2 heteroatoms. The predicted octanol–water partition coefficient (Wildman–Crippen LogP) is 4.68. The molecular formula is C19H16O2. The topological polar surface area (TPSA) is 26.3 Å². The lowest BCUT2D eigenvalue weighted by Crippen LogP contribution is -2.09. The third-order valence-corrected chi connectivity index (χ3v) is 3.42. The summed E-state index contributed by atoms with van der Waals surface area (Å²) in [6.45, 7) is 3.98. The summed E-state index contributed by atoms with van der Waals surface area (Å²) in [5.74, 6) is 0.266. The Hall–Kier alpha value is -2.61. The van der Waals surface area contributed by atoms with Crippen molar-refractivity contribution in [2.75, 3.05) is 0 Å². The van der Waals surface area contributed by atoms with Crippen LogP contribution in [0.5, 0.6) is 5.75 Å². The fraction of sp³-hybridized carbons (Fsp3) is 0.105. The molecule has 0 spiro atoms. The summed E-state index contributed by atoms with van der Waals surface area (Å²) in [5.41, 5.74) is 2.75. The minimum atomic E-state index is -0.322. The molecule has 0 aliphatic carbocycles. The zero-order chi connectivity index (χ0) is 14.8. The van der Waals surface area contributed by atoms with Crippen LogP contribution in [0.2, 0.25) is 0 Å². The maximum absolute atomic E-state index is 12.4. The molecule has 0 fully saturated rings. The third-order valence-electron chi connectivity index (χ3n) is 3.42. The SMILES string of the molecule is Cc1cc(C)cc(OC(=O)c2cccc3ccccc23)c1. The molecule has 0 amide bonds. The first-order chi connectivity index (χ1) is 10.1. The molecule has 0 saturated carbocycles. The quantitative estimate of drug-likeness (QED) is 0.502. The largest absolute Gasteiger partial charge is 0.423 e. The molecule has 104 valence electrons. The molecule has 21 heavy (non-hydrogen) atoms. The van der Waals surface area contributed by atoms with E-state index < -0.39 is 0 Å². The van der Waals surface area contributed by atoms with Gasteiger partial charge >= 0.3 is 5.97 Å². The zero-order valence-electron chi connectivity index (χ0n) is 12.1. The number of hydrogen-bond donors (Lipinski definition) is 0. The highest BCUT2D eigenvalue weighted by Gasteiger charge is 2.12. The monoisotopic (exact) mass is 276 g/mol.